The Bertz CT molecular complexity index is 650. The molecule has 2 rings (SSSR count). The second-order valence-corrected chi connectivity index (χ2v) is 6.58. The van der Waals surface area contributed by atoms with Gasteiger partial charge in [0.25, 0.3) is 0 Å². The lowest BCUT2D eigenvalue weighted by atomic mass is 10.2. The Morgan fingerprint density at radius 2 is 2.00 bits per heavy atom. The molecule has 0 fully saturated rings. The predicted molar refractivity (Wildman–Crippen MR) is 79.1 cm³/mol. The van der Waals surface area contributed by atoms with Crippen LogP contribution in [0, 0.1) is 0 Å². The van der Waals surface area contributed by atoms with Crippen LogP contribution in [0.1, 0.15) is 12.5 Å². The van der Waals surface area contributed by atoms with Gasteiger partial charge in [0.05, 0.1) is 0 Å². The van der Waals surface area contributed by atoms with E-state index < -0.39 is 23.3 Å². The van der Waals surface area contributed by atoms with Crippen LogP contribution < -0.4 is 4.74 Å². The molecule has 1 unspecified atom stereocenters. The van der Waals surface area contributed by atoms with Crippen molar-refractivity contribution in [2.45, 2.75) is 29.6 Å². The van der Waals surface area contributed by atoms with Crippen LogP contribution in [0.15, 0.2) is 50.9 Å². The first-order valence-corrected chi connectivity index (χ1v) is 8.16. The van der Waals surface area contributed by atoms with E-state index in [0.717, 1.165) is 5.56 Å². The number of rotatable bonds is 4. The highest BCUT2D eigenvalue weighted by Crippen LogP contribution is 2.33. The zero-order valence-electron chi connectivity index (χ0n) is 11.4. The van der Waals surface area contributed by atoms with Gasteiger partial charge in [-0.1, -0.05) is 13.0 Å². The summed E-state index contributed by atoms with van der Waals surface area (Å²) < 4.78 is 54.6. The Labute approximate surface area is 136 Å². The number of alkyl halides is 3. The van der Waals surface area contributed by atoms with Crippen molar-refractivity contribution in [1.82, 2.24) is 4.98 Å². The molecule has 22 heavy (non-hydrogen) atoms. The highest BCUT2D eigenvalue weighted by Gasteiger charge is 2.34. The number of aromatic nitrogens is 1. The molecule has 1 heterocycles. The van der Waals surface area contributed by atoms with Gasteiger partial charge < -0.3 is 9.29 Å². The van der Waals surface area contributed by atoms with Crippen molar-refractivity contribution >= 4 is 27.1 Å². The number of benzene rings is 1. The quantitative estimate of drug-likeness (QED) is 0.719. The van der Waals surface area contributed by atoms with Crippen LogP contribution in [0.25, 0.3) is 0 Å². The lowest BCUT2D eigenvalue weighted by molar-refractivity contribution is -0.275. The maximum atomic E-state index is 12.5. The Morgan fingerprint density at radius 3 is 2.55 bits per heavy atom. The molecule has 0 aliphatic heterocycles. The van der Waals surface area contributed by atoms with E-state index in [2.05, 4.69) is 25.7 Å². The van der Waals surface area contributed by atoms with Crippen molar-refractivity contribution in [2.24, 2.45) is 0 Å². The number of nitrogens with zero attached hydrogens (tertiary/aromatic N) is 1. The fourth-order valence-corrected chi connectivity index (χ4v) is 3.06. The van der Waals surface area contributed by atoms with E-state index in [4.69, 9.17) is 0 Å². The first-order chi connectivity index (χ1) is 10.3. The molecule has 118 valence electrons. The zero-order chi connectivity index (χ0) is 16.3. The molecule has 2 aromatic rings. The lowest BCUT2D eigenvalue weighted by Crippen LogP contribution is -2.19. The van der Waals surface area contributed by atoms with Gasteiger partial charge >= 0.3 is 6.36 Å². The van der Waals surface area contributed by atoms with Crippen LogP contribution in [0.3, 0.4) is 0 Å². The lowest BCUT2D eigenvalue weighted by Gasteiger charge is -2.15. The fourth-order valence-electron chi connectivity index (χ4n) is 1.71. The minimum Gasteiger partial charge on any atom is -0.605 e. The Morgan fingerprint density at radius 1 is 1.27 bits per heavy atom. The average molecular weight is 394 g/mol. The number of hydrogen-bond acceptors (Lipinski definition) is 3. The Hall–Kier alpha value is -1.25. The van der Waals surface area contributed by atoms with Crippen LogP contribution >= 0.6 is 15.9 Å². The molecule has 0 spiro atoms. The zero-order valence-corrected chi connectivity index (χ0v) is 13.8. The molecule has 1 aromatic heterocycles. The van der Waals surface area contributed by atoms with Crippen LogP contribution in [-0.4, -0.2) is 15.9 Å². The molecule has 0 saturated carbocycles. The molecule has 1 atom stereocenters. The predicted octanol–water partition coefficient (Wildman–Crippen LogP) is 4.47. The molecule has 3 nitrogen and oxygen atoms in total. The molecular weight excluding hydrogens is 383 g/mol. The van der Waals surface area contributed by atoms with Gasteiger partial charge in [0.1, 0.15) is 0 Å². The molecule has 0 saturated heterocycles. The maximum absolute atomic E-state index is 12.5. The number of pyridine rings is 1. The highest BCUT2D eigenvalue weighted by molar-refractivity contribution is 9.10. The fraction of sp³-hybridized carbons (Fsp3) is 0.214. The van der Waals surface area contributed by atoms with Gasteiger partial charge in [-0.15, -0.1) is 13.2 Å². The molecule has 0 aliphatic rings. The van der Waals surface area contributed by atoms with Crippen LogP contribution in [0.2, 0.25) is 0 Å². The van der Waals surface area contributed by atoms with Gasteiger partial charge in [-0.3, -0.25) is 0 Å². The van der Waals surface area contributed by atoms with E-state index >= 15 is 0 Å². The number of hydrogen-bond donors (Lipinski definition) is 0. The summed E-state index contributed by atoms with van der Waals surface area (Å²) in [6.07, 6.45) is -2.81. The third-order valence-corrected chi connectivity index (χ3v) is 4.54. The van der Waals surface area contributed by atoms with Crippen molar-refractivity contribution in [3.63, 3.8) is 0 Å². The second kappa shape index (κ2) is 6.89. The van der Waals surface area contributed by atoms with E-state index in [1.54, 1.807) is 6.07 Å². The highest BCUT2D eigenvalue weighted by atomic mass is 79.9. The van der Waals surface area contributed by atoms with E-state index in [1.807, 2.05) is 6.92 Å². The topological polar surface area (TPSA) is 45.2 Å². The van der Waals surface area contributed by atoms with E-state index in [0.29, 0.717) is 10.9 Å². The van der Waals surface area contributed by atoms with Gasteiger partial charge in [0, 0.05) is 34.0 Å². The first kappa shape index (κ1) is 17.1. The van der Waals surface area contributed by atoms with Crippen LogP contribution in [0.4, 0.5) is 13.2 Å². The smallest absolute Gasteiger partial charge is 0.573 e. The van der Waals surface area contributed by atoms with Crippen molar-refractivity contribution in [3.05, 3.63) is 46.6 Å². The SMILES string of the molecule is CCc1ccc(OC(F)(F)F)c([S+]([O-])c2ccc(Br)cn2)c1. The molecule has 0 amide bonds. The van der Waals surface area contributed by atoms with Gasteiger partial charge in [0.2, 0.25) is 9.92 Å². The summed E-state index contributed by atoms with van der Waals surface area (Å²) in [5.74, 6) is -0.479. The summed E-state index contributed by atoms with van der Waals surface area (Å²) in [6.45, 7) is 1.85. The van der Waals surface area contributed by atoms with Crippen molar-refractivity contribution < 1.29 is 22.5 Å². The van der Waals surface area contributed by atoms with Gasteiger partial charge in [-0.05, 0) is 40.0 Å². The molecule has 8 heteroatoms. The largest absolute Gasteiger partial charge is 0.605 e. The standard InChI is InChI=1S/C14H11BrF3NO2S/c1-2-9-3-5-11(21-14(16,17)18)12(7-9)22(20)13-6-4-10(15)8-19-13/h3-8H,2H2,1H3. The molecule has 0 radical (unpaired) electrons. The Kier molecular flexibility index (Phi) is 5.36. The van der Waals surface area contributed by atoms with Crippen molar-refractivity contribution in [1.29, 1.82) is 0 Å². The third-order valence-electron chi connectivity index (χ3n) is 2.73. The maximum Gasteiger partial charge on any atom is 0.573 e. The summed E-state index contributed by atoms with van der Waals surface area (Å²) in [5, 5.41) is 0.156. The minimum atomic E-state index is -4.85. The van der Waals surface area contributed by atoms with Crippen molar-refractivity contribution in [2.75, 3.05) is 0 Å². The first-order valence-electron chi connectivity index (χ1n) is 6.22. The summed E-state index contributed by atoms with van der Waals surface area (Å²) in [4.78, 5) is 3.91. The van der Waals surface area contributed by atoms with Gasteiger partial charge in [-0.25, -0.2) is 4.98 Å². The van der Waals surface area contributed by atoms with Gasteiger partial charge in [-0.2, -0.15) is 0 Å². The summed E-state index contributed by atoms with van der Waals surface area (Å²) in [6, 6.07) is 7.24. The molecule has 0 aliphatic carbocycles. The second-order valence-electron chi connectivity index (χ2n) is 4.27. The number of ether oxygens (including phenoxy) is 1. The number of halogens is 4. The van der Waals surface area contributed by atoms with E-state index in [1.165, 1.54) is 30.5 Å². The monoisotopic (exact) mass is 393 g/mol. The number of aryl methyl sites for hydroxylation is 1. The summed E-state index contributed by atoms with van der Waals surface area (Å²) in [7, 11) is 0. The molecule has 1 aromatic carbocycles. The molecule has 0 N–H and O–H groups in total. The molecule has 0 bridgehead atoms. The summed E-state index contributed by atoms with van der Waals surface area (Å²) >= 11 is 1.32. The van der Waals surface area contributed by atoms with Crippen LogP contribution in [0.5, 0.6) is 5.75 Å². The third kappa shape index (κ3) is 4.37. The van der Waals surface area contributed by atoms with Crippen LogP contribution in [-0.2, 0) is 17.6 Å². The molecular formula is C14H11BrF3NO2S. The minimum absolute atomic E-state index is 0.0495. The normalized spacial score (nSPS) is 13.0. The Balaban J connectivity index is 2.43. The average Bonchev–Trinajstić information content (AvgIpc) is 2.46. The van der Waals surface area contributed by atoms with Gasteiger partial charge in [0.15, 0.2) is 5.75 Å². The van der Waals surface area contributed by atoms with Crippen molar-refractivity contribution in [3.8, 4) is 5.75 Å². The van der Waals surface area contributed by atoms with E-state index in [-0.39, 0.29) is 9.92 Å². The van der Waals surface area contributed by atoms with E-state index in [9.17, 15) is 17.7 Å². The summed E-state index contributed by atoms with van der Waals surface area (Å²) in [5.41, 5.74) is 0.759.